The molecule has 0 saturated carbocycles. The maximum Gasteiger partial charge on any atom is 0.191 e. The highest BCUT2D eigenvalue weighted by molar-refractivity contribution is 7.80. The van der Waals surface area contributed by atoms with Gasteiger partial charge in [0.25, 0.3) is 0 Å². The molecular formula is C19H21N5O2S. The molecule has 0 saturated heterocycles. The molecule has 140 valence electrons. The highest BCUT2D eigenvalue weighted by atomic mass is 32.1. The van der Waals surface area contributed by atoms with Gasteiger partial charge in [0.05, 0.1) is 19.0 Å². The van der Waals surface area contributed by atoms with Crippen LogP contribution in [0, 0.1) is 20.8 Å². The number of hydrogen-bond acceptors (Lipinski definition) is 5. The van der Waals surface area contributed by atoms with Crippen molar-refractivity contribution in [3.63, 3.8) is 0 Å². The van der Waals surface area contributed by atoms with E-state index in [4.69, 9.17) is 21.5 Å². The second kappa shape index (κ2) is 8.05. The summed E-state index contributed by atoms with van der Waals surface area (Å²) in [6.07, 6.45) is 1.72. The lowest BCUT2D eigenvalue weighted by Gasteiger charge is -2.10. The van der Waals surface area contributed by atoms with E-state index in [1.54, 1.807) is 13.3 Å². The van der Waals surface area contributed by atoms with Gasteiger partial charge < -0.3 is 14.6 Å². The molecule has 2 N–H and O–H groups in total. The summed E-state index contributed by atoms with van der Waals surface area (Å²) in [5, 5.41) is 11.7. The summed E-state index contributed by atoms with van der Waals surface area (Å²) in [5.41, 5.74) is 6.60. The molecule has 2 aromatic heterocycles. The molecule has 0 bridgehead atoms. The largest absolute Gasteiger partial charge is 0.495 e. The third-order valence-corrected chi connectivity index (χ3v) is 4.23. The number of rotatable bonds is 5. The van der Waals surface area contributed by atoms with Crippen LogP contribution in [0.2, 0.25) is 0 Å². The molecule has 0 atom stereocenters. The second-order valence-electron chi connectivity index (χ2n) is 5.98. The quantitative estimate of drug-likeness (QED) is 0.397. The second-order valence-corrected chi connectivity index (χ2v) is 6.39. The first-order chi connectivity index (χ1) is 13.0. The molecule has 0 unspecified atom stereocenters. The van der Waals surface area contributed by atoms with Crippen molar-refractivity contribution in [2.75, 3.05) is 12.4 Å². The summed E-state index contributed by atoms with van der Waals surface area (Å²) in [7, 11) is 1.61. The SMILES string of the molecule is COc1ccccc1NC(=S)N/N=C\c1cc(C)n(-c2cc(C)on2)c1C. The van der Waals surface area contributed by atoms with Gasteiger partial charge in [-0.15, -0.1) is 0 Å². The summed E-state index contributed by atoms with van der Waals surface area (Å²) in [4.78, 5) is 0. The van der Waals surface area contributed by atoms with Crippen LogP contribution in [-0.4, -0.2) is 28.2 Å². The minimum Gasteiger partial charge on any atom is -0.495 e. The smallest absolute Gasteiger partial charge is 0.191 e. The standard InChI is InChI=1S/C19H21N5O2S/c1-12-9-15(14(3)24(12)18-10-13(2)26-23-18)11-20-22-19(27)21-16-7-5-6-8-17(16)25-4/h5-11H,1-4H3,(H2,21,22,27)/b20-11-. The molecule has 0 fully saturated rings. The van der Waals surface area contributed by atoms with Crippen LogP contribution >= 0.6 is 12.2 Å². The Balaban J connectivity index is 1.69. The van der Waals surface area contributed by atoms with E-state index < -0.39 is 0 Å². The van der Waals surface area contributed by atoms with Gasteiger partial charge in [-0.2, -0.15) is 5.10 Å². The van der Waals surface area contributed by atoms with Crippen LogP contribution in [0.15, 0.2) is 46.0 Å². The molecule has 8 heteroatoms. The number of nitrogens with zero attached hydrogens (tertiary/aromatic N) is 3. The molecule has 0 aliphatic heterocycles. The van der Waals surface area contributed by atoms with Crippen LogP contribution in [0.25, 0.3) is 5.82 Å². The average Bonchev–Trinajstić information content (AvgIpc) is 3.18. The summed E-state index contributed by atoms with van der Waals surface area (Å²) >= 11 is 5.28. The normalized spacial score (nSPS) is 11.0. The van der Waals surface area contributed by atoms with Crippen LogP contribution in [0.1, 0.15) is 22.7 Å². The van der Waals surface area contributed by atoms with Gasteiger partial charge >= 0.3 is 0 Å². The fourth-order valence-corrected chi connectivity index (χ4v) is 2.95. The van der Waals surface area contributed by atoms with Gasteiger partial charge in [0.2, 0.25) is 0 Å². The fourth-order valence-electron chi connectivity index (χ4n) is 2.79. The minimum absolute atomic E-state index is 0.372. The van der Waals surface area contributed by atoms with Gasteiger partial charge in [-0.05, 0) is 51.2 Å². The minimum atomic E-state index is 0.372. The molecule has 0 aliphatic carbocycles. The fraction of sp³-hybridized carbons (Fsp3) is 0.211. The number of anilines is 1. The molecule has 3 aromatic rings. The van der Waals surface area contributed by atoms with Gasteiger partial charge in [-0.1, -0.05) is 17.3 Å². The Morgan fingerprint density at radius 3 is 2.74 bits per heavy atom. The number of methoxy groups -OCH3 is 1. The Bertz CT molecular complexity index is 990. The van der Waals surface area contributed by atoms with Crippen LogP contribution in [0.3, 0.4) is 0 Å². The third-order valence-electron chi connectivity index (χ3n) is 4.04. The van der Waals surface area contributed by atoms with Crippen molar-refractivity contribution < 1.29 is 9.26 Å². The monoisotopic (exact) mass is 383 g/mol. The topological polar surface area (TPSA) is 76.6 Å². The Morgan fingerprint density at radius 2 is 2.04 bits per heavy atom. The van der Waals surface area contributed by atoms with Crippen molar-refractivity contribution in [3.8, 4) is 11.6 Å². The van der Waals surface area contributed by atoms with Crippen molar-refractivity contribution in [3.05, 3.63) is 59.1 Å². The van der Waals surface area contributed by atoms with E-state index in [9.17, 15) is 0 Å². The number of nitrogens with one attached hydrogen (secondary N) is 2. The number of aromatic nitrogens is 2. The van der Waals surface area contributed by atoms with E-state index in [1.165, 1.54) is 0 Å². The predicted octanol–water partition coefficient (Wildman–Crippen LogP) is 3.72. The average molecular weight is 383 g/mol. The van der Waals surface area contributed by atoms with E-state index in [2.05, 4.69) is 21.0 Å². The van der Waals surface area contributed by atoms with Gasteiger partial charge in [0.1, 0.15) is 11.5 Å². The molecule has 0 radical (unpaired) electrons. The summed E-state index contributed by atoms with van der Waals surface area (Å²) in [5.74, 6) is 2.22. The van der Waals surface area contributed by atoms with Crippen molar-refractivity contribution in [2.45, 2.75) is 20.8 Å². The Kier molecular flexibility index (Phi) is 5.56. The van der Waals surface area contributed by atoms with E-state index >= 15 is 0 Å². The summed E-state index contributed by atoms with van der Waals surface area (Å²) in [6.45, 7) is 5.88. The summed E-state index contributed by atoms with van der Waals surface area (Å²) < 4.78 is 12.5. The first-order valence-corrected chi connectivity index (χ1v) is 8.76. The maximum absolute atomic E-state index is 5.29. The number of aryl methyl sites for hydroxylation is 2. The molecule has 2 heterocycles. The lowest BCUT2D eigenvalue weighted by Crippen LogP contribution is -2.24. The van der Waals surface area contributed by atoms with Crippen molar-refractivity contribution in [1.82, 2.24) is 15.1 Å². The predicted molar refractivity (Wildman–Crippen MR) is 110 cm³/mol. The Labute approximate surface area is 163 Å². The van der Waals surface area contributed by atoms with Crippen LogP contribution in [-0.2, 0) is 0 Å². The molecule has 27 heavy (non-hydrogen) atoms. The van der Waals surface area contributed by atoms with E-state index in [0.29, 0.717) is 10.9 Å². The van der Waals surface area contributed by atoms with E-state index in [1.807, 2.05) is 61.7 Å². The third kappa shape index (κ3) is 4.17. The zero-order chi connectivity index (χ0) is 19.4. The first-order valence-electron chi connectivity index (χ1n) is 8.35. The first kappa shape index (κ1) is 18.7. The van der Waals surface area contributed by atoms with Crippen molar-refractivity contribution in [2.24, 2.45) is 5.10 Å². The van der Waals surface area contributed by atoms with Gasteiger partial charge in [-0.3, -0.25) is 9.99 Å². The highest BCUT2D eigenvalue weighted by Crippen LogP contribution is 2.23. The van der Waals surface area contributed by atoms with E-state index in [0.717, 1.165) is 34.2 Å². The highest BCUT2D eigenvalue weighted by Gasteiger charge is 2.12. The zero-order valence-electron chi connectivity index (χ0n) is 15.6. The van der Waals surface area contributed by atoms with Crippen LogP contribution < -0.4 is 15.5 Å². The molecule has 0 spiro atoms. The Hall–Kier alpha value is -3.13. The van der Waals surface area contributed by atoms with E-state index in [-0.39, 0.29) is 0 Å². The molecule has 0 amide bonds. The van der Waals surface area contributed by atoms with Gasteiger partial charge in [0.15, 0.2) is 10.9 Å². The van der Waals surface area contributed by atoms with Gasteiger partial charge in [-0.25, -0.2) is 0 Å². The van der Waals surface area contributed by atoms with Crippen molar-refractivity contribution in [1.29, 1.82) is 0 Å². The number of benzene rings is 1. The lowest BCUT2D eigenvalue weighted by molar-refractivity contribution is 0.394. The zero-order valence-corrected chi connectivity index (χ0v) is 16.4. The Morgan fingerprint density at radius 1 is 1.26 bits per heavy atom. The lowest BCUT2D eigenvalue weighted by atomic mass is 10.3. The molecule has 1 aromatic carbocycles. The number of ether oxygens (including phenoxy) is 1. The number of para-hydroxylation sites is 2. The molecular weight excluding hydrogens is 362 g/mol. The van der Waals surface area contributed by atoms with Crippen LogP contribution in [0.4, 0.5) is 5.69 Å². The van der Waals surface area contributed by atoms with Crippen LogP contribution in [0.5, 0.6) is 5.75 Å². The van der Waals surface area contributed by atoms with Crippen molar-refractivity contribution >= 4 is 29.2 Å². The molecule has 7 nitrogen and oxygen atoms in total. The number of hydrogen-bond donors (Lipinski definition) is 2. The number of hydrazone groups is 1. The number of thiocarbonyl (C=S) groups is 1. The maximum atomic E-state index is 5.29. The molecule has 3 rings (SSSR count). The molecule has 0 aliphatic rings. The van der Waals surface area contributed by atoms with Gasteiger partial charge in [0, 0.05) is 23.0 Å². The summed E-state index contributed by atoms with van der Waals surface area (Å²) in [6, 6.07) is 11.5.